The zero-order valence-corrected chi connectivity index (χ0v) is 15.3. The van der Waals surface area contributed by atoms with E-state index in [9.17, 15) is 12.8 Å². The van der Waals surface area contributed by atoms with E-state index < -0.39 is 15.8 Å². The van der Waals surface area contributed by atoms with Gasteiger partial charge in [-0.3, -0.25) is 0 Å². The third-order valence-electron chi connectivity index (χ3n) is 4.37. The van der Waals surface area contributed by atoms with Crippen molar-refractivity contribution < 1.29 is 17.5 Å². The standard InChI is InChI=1S/C18H19FN4O3S/c19-16-4-2-1-3-13(16)12-27(24,25)23-14-5-7-15(8-6-14)26-18-17(11-20)21-9-10-22-18/h1-4,9-10,14-15,23H,5-8,12H2. The van der Waals surface area contributed by atoms with E-state index in [1.54, 1.807) is 6.07 Å². The smallest absolute Gasteiger partial charge is 0.251 e. The Morgan fingerprint density at radius 3 is 2.59 bits per heavy atom. The van der Waals surface area contributed by atoms with Crippen LogP contribution in [0, 0.1) is 17.1 Å². The average molecular weight is 390 g/mol. The molecule has 1 aromatic carbocycles. The van der Waals surface area contributed by atoms with Gasteiger partial charge in [-0.1, -0.05) is 18.2 Å². The molecule has 3 rings (SSSR count). The Morgan fingerprint density at radius 2 is 1.89 bits per heavy atom. The molecule has 0 unspecified atom stereocenters. The number of rotatable bonds is 6. The molecule has 0 amide bonds. The van der Waals surface area contributed by atoms with Crippen molar-refractivity contribution in [3.8, 4) is 11.9 Å². The molecule has 0 aliphatic heterocycles. The van der Waals surface area contributed by atoms with Crippen molar-refractivity contribution in [2.45, 2.75) is 43.6 Å². The molecule has 0 atom stereocenters. The second-order valence-electron chi connectivity index (χ2n) is 6.38. The fourth-order valence-electron chi connectivity index (χ4n) is 3.06. The average Bonchev–Trinajstić information content (AvgIpc) is 2.65. The predicted octanol–water partition coefficient (Wildman–Crippen LogP) is 2.30. The molecule has 1 aliphatic carbocycles. The van der Waals surface area contributed by atoms with E-state index in [0.717, 1.165) is 0 Å². The molecule has 2 aromatic rings. The lowest BCUT2D eigenvalue weighted by atomic mass is 9.94. The summed E-state index contributed by atoms with van der Waals surface area (Å²) in [6.45, 7) is 0. The maximum atomic E-state index is 13.7. The van der Waals surface area contributed by atoms with E-state index >= 15 is 0 Å². The molecule has 1 aliphatic rings. The van der Waals surface area contributed by atoms with Crippen molar-refractivity contribution >= 4 is 10.0 Å². The third-order valence-corrected chi connectivity index (χ3v) is 5.76. The van der Waals surface area contributed by atoms with Gasteiger partial charge in [0, 0.05) is 24.0 Å². The van der Waals surface area contributed by atoms with Gasteiger partial charge in [0.15, 0.2) is 0 Å². The Bertz CT molecular complexity index is 938. The molecule has 1 fully saturated rings. The Balaban J connectivity index is 1.53. The Hall–Kier alpha value is -2.57. The van der Waals surface area contributed by atoms with Gasteiger partial charge in [0.2, 0.25) is 15.7 Å². The highest BCUT2D eigenvalue weighted by Gasteiger charge is 2.27. The molecule has 27 heavy (non-hydrogen) atoms. The number of hydrogen-bond donors (Lipinski definition) is 1. The van der Waals surface area contributed by atoms with Crippen molar-refractivity contribution in [3.63, 3.8) is 0 Å². The molecule has 1 saturated carbocycles. The maximum absolute atomic E-state index is 13.7. The first-order valence-corrected chi connectivity index (χ1v) is 10.2. The first-order valence-electron chi connectivity index (χ1n) is 8.58. The van der Waals surface area contributed by atoms with Crippen LogP contribution in [0.5, 0.6) is 5.88 Å². The fourth-order valence-corrected chi connectivity index (χ4v) is 4.53. The molecule has 0 spiro atoms. The maximum Gasteiger partial charge on any atom is 0.251 e. The van der Waals surface area contributed by atoms with E-state index in [1.165, 1.54) is 30.6 Å². The number of nitriles is 1. The number of ether oxygens (including phenoxy) is 1. The normalized spacial score (nSPS) is 20.0. The summed E-state index contributed by atoms with van der Waals surface area (Å²) in [5.41, 5.74) is 0.277. The van der Waals surface area contributed by atoms with E-state index in [0.29, 0.717) is 25.7 Å². The van der Waals surface area contributed by atoms with E-state index in [4.69, 9.17) is 10.00 Å². The lowest BCUT2D eigenvalue weighted by molar-refractivity contribution is 0.137. The van der Waals surface area contributed by atoms with Crippen LogP contribution in [0.4, 0.5) is 4.39 Å². The fraction of sp³-hybridized carbons (Fsp3) is 0.389. The molecule has 0 radical (unpaired) electrons. The van der Waals surface area contributed by atoms with Gasteiger partial charge in [-0.25, -0.2) is 27.5 Å². The second-order valence-corrected chi connectivity index (χ2v) is 8.14. The number of halogens is 1. The van der Waals surface area contributed by atoms with E-state index in [2.05, 4.69) is 14.7 Å². The monoisotopic (exact) mass is 390 g/mol. The number of sulfonamides is 1. The summed E-state index contributed by atoms with van der Waals surface area (Å²) in [6, 6.07) is 7.55. The number of hydrogen-bond acceptors (Lipinski definition) is 6. The molecule has 9 heteroatoms. The minimum atomic E-state index is -3.64. The van der Waals surface area contributed by atoms with Gasteiger partial charge >= 0.3 is 0 Å². The van der Waals surface area contributed by atoms with Crippen molar-refractivity contribution in [3.05, 3.63) is 53.7 Å². The van der Waals surface area contributed by atoms with Crippen molar-refractivity contribution in [1.82, 2.24) is 14.7 Å². The van der Waals surface area contributed by atoms with Gasteiger partial charge in [0.1, 0.15) is 18.0 Å². The summed E-state index contributed by atoms with van der Waals surface area (Å²) in [6.07, 6.45) is 5.14. The van der Waals surface area contributed by atoms with E-state index in [1.807, 2.05) is 6.07 Å². The minimum absolute atomic E-state index is 0.130. The molecular weight excluding hydrogens is 371 g/mol. The molecule has 0 bridgehead atoms. The molecule has 1 aromatic heterocycles. The Morgan fingerprint density at radius 1 is 1.19 bits per heavy atom. The van der Waals surface area contributed by atoms with E-state index in [-0.39, 0.29) is 35.0 Å². The van der Waals surface area contributed by atoms with Crippen LogP contribution in [0.3, 0.4) is 0 Å². The first-order chi connectivity index (χ1) is 13.0. The van der Waals surface area contributed by atoms with Gasteiger partial charge in [0.25, 0.3) is 5.88 Å². The highest BCUT2D eigenvalue weighted by atomic mass is 32.2. The zero-order valence-electron chi connectivity index (χ0n) is 14.5. The molecule has 1 heterocycles. The summed E-state index contributed by atoms with van der Waals surface area (Å²) in [5.74, 6) is -0.720. The quantitative estimate of drug-likeness (QED) is 0.811. The molecule has 1 N–H and O–H groups in total. The Kier molecular flexibility index (Phi) is 5.98. The van der Waals surface area contributed by atoms with Crippen molar-refractivity contribution in [2.75, 3.05) is 0 Å². The molecular formula is C18H19FN4O3S. The largest absolute Gasteiger partial charge is 0.472 e. The molecule has 7 nitrogen and oxygen atoms in total. The van der Waals surface area contributed by atoms with Gasteiger partial charge in [0.05, 0.1) is 5.75 Å². The summed E-state index contributed by atoms with van der Waals surface area (Å²) < 4.78 is 46.7. The Labute approximate surface area is 157 Å². The minimum Gasteiger partial charge on any atom is -0.472 e. The second kappa shape index (κ2) is 8.41. The van der Waals surface area contributed by atoms with Gasteiger partial charge in [-0.15, -0.1) is 0 Å². The van der Waals surface area contributed by atoms with Gasteiger partial charge < -0.3 is 4.74 Å². The summed E-state index contributed by atoms with van der Waals surface area (Å²) in [7, 11) is -3.64. The SMILES string of the molecule is N#Cc1nccnc1OC1CCC(NS(=O)(=O)Cc2ccccc2F)CC1. The lowest BCUT2D eigenvalue weighted by Gasteiger charge is -2.29. The highest BCUT2D eigenvalue weighted by Crippen LogP contribution is 2.24. The third kappa shape index (κ3) is 5.21. The van der Waals surface area contributed by atoms with Crippen molar-refractivity contribution in [1.29, 1.82) is 5.26 Å². The highest BCUT2D eigenvalue weighted by molar-refractivity contribution is 7.88. The van der Waals surface area contributed by atoms with Crippen LogP contribution in [0.1, 0.15) is 36.9 Å². The number of nitrogens with one attached hydrogen (secondary N) is 1. The topological polar surface area (TPSA) is 105 Å². The molecule has 0 saturated heterocycles. The number of nitrogens with zero attached hydrogens (tertiary/aromatic N) is 3. The molecule has 142 valence electrons. The summed E-state index contributed by atoms with van der Waals surface area (Å²) in [4.78, 5) is 7.93. The number of aromatic nitrogens is 2. The van der Waals surface area contributed by atoms with Gasteiger partial charge in [-0.05, 0) is 31.7 Å². The summed E-state index contributed by atoms with van der Waals surface area (Å²) in [5, 5.41) is 9.02. The van der Waals surface area contributed by atoms with Gasteiger partial charge in [-0.2, -0.15) is 5.26 Å². The van der Waals surface area contributed by atoms with Crippen LogP contribution in [0.25, 0.3) is 0 Å². The van der Waals surface area contributed by atoms with Crippen LogP contribution < -0.4 is 9.46 Å². The predicted molar refractivity (Wildman–Crippen MR) is 95.6 cm³/mol. The van der Waals surface area contributed by atoms with Crippen LogP contribution in [-0.4, -0.2) is 30.5 Å². The lowest BCUT2D eigenvalue weighted by Crippen LogP contribution is -2.40. The summed E-state index contributed by atoms with van der Waals surface area (Å²) >= 11 is 0. The number of benzene rings is 1. The van der Waals surface area contributed by atoms with Crippen LogP contribution >= 0.6 is 0 Å². The van der Waals surface area contributed by atoms with Crippen LogP contribution in [-0.2, 0) is 15.8 Å². The first kappa shape index (κ1) is 19.2. The van der Waals surface area contributed by atoms with Crippen LogP contribution in [0.2, 0.25) is 0 Å². The van der Waals surface area contributed by atoms with Crippen molar-refractivity contribution in [2.24, 2.45) is 0 Å². The van der Waals surface area contributed by atoms with Crippen LogP contribution in [0.15, 0.2) is 36.7 Å². The zero-order chi connectivity index (χ0) is 19.3.